The van der Waals surface area contributed by atoms with Crippen LogP contribution in [0.15, 0.2) is 154 Å². The highest BCUT2D eigenvalue weighted by Gasteiger charge is 2.15. The molecule has 0 aromatic heterocycles. The summed E-state index contributed by atoms with van der Waals surface area (Å²) in [5.41, 5.74) is 6.18. The van der Waals surface area contributed by atoms with Crippen molar-refractivity contribution in [3.63, 3.8) is 0 Å². The number of hydrogen-bond acceptors (Lipinski definition) is 6. The molecule has 7 aromatic rings. The summed E-state index contributed by atoms with van der Waals surface area (Å²) in [6.07, 6.45) is 0. The van der Waals surface area contributed by atoms with Crippen LogP contribution in [-0.4, -0.2) is 21.1 Å². The predicted octanol–water partition coefficient (Wildman–Crippen LogP) is 11.9. The van der Waals surface area contributed by atoms with Crippen LogP contribution in [0.1, 0.15) is 0 Å². The van der Waals surface area contributed by atoms with E-state index in [4.69, 9.17) is 10.2 Å². The van der Waals surface area contributed by atoms with Crippen molar-refractivity contribution in [1.29, 1.82) is 0 Å². The van der Waals surface area contributed by atoms with E-state index in [1.165, 1.54) is 12.1 Å². The minimum atomic E-state index is -0.302. The third-order valence-electron chi connectivity index (χ3n) is 8.20. The van der Waals surface area contributed by atoms with E-state index < -0.39 is 0 Å². The molecule has 0 aliphatic heterocycles. The zero-order valence-electron chi connectivity index (χ0n) is 25.8. The molecule has 6 nitrogen and oxygen atoms in total. The zero-order valence-corrected chi connectivity index (χ0v) is 25.8. The van der Waals surface area contributed by atoms with Gasteiger partial charge in [0.15, 0.2) is 0 Å². The van der Waals surface area contributed by atoms with Crippen LogP contribution in [0.5, 0.6) is 0 Å². The number of azo groups is 2. The summed E-state index contributed by atoms with van der Waals surface area (Å²) in [6, 6.07) is 43.0. The van der Waals surface area contributed by atoms with Gasteiger partial charge in [-0.25, -0.2) is 4.39 Å². The molecule has 0 aliphatic rings. The third-order valence-corrected chi connectivity index (χ3v) is 8.20. The fourth-order valence-corrected chi connectivity index (χ4v) is 5.90. The molecule has 0 N–H and O–H groups in total. The number of halogens is 1. The SMILES string of the molecule is CN(C)c1ccc(/N=N/c2ccc(N(C)c3ccc(/N=N/c4ccc(F)cc4)c4ccccc34)c3ccccc23)c2ccccc12. The monoisotopic (exact) mass is 602 g/mol. The average Bonchev–Trinajstić information content (AvgIpc) is 3.09. The summed E-state index contributed by atoms with van der Waals surface area (Å²) in [7, 11) is 6.17. The van der Waals surface area contributed by atoms with Crippen LogP contribution in [0.4, 0.5) is 44.2 Å². The summed E-state index contributed by atoms with van der Waals surface area (Å²) < 4.78 is 13.3. The smallest absolute Gasteiger partial charge is 0.123 e. The summed E-state index contributed by atoms with van der Waals surface area (Å²) >= 11 is 0. The number of anilines is 3. The molecule has 0 radical (unpaired) electrons. The van der Waals surface area contributed by atoms with Gasteiger partial charge in [0.1, 0.15) is 5.82 Å². The fraction of sp³-hybridized carbons (Fsp3) is 0.0769. The Labute approximate surface area is 266 Å². The summed E-state index contributed by atoms with van der Waals surface area (Å²) in [5, 5.41) is 24.6. The Kier molecular flexibility index (Phi) is 7.64. The average molecular weight is 603 g/mol. The number of benzene rings is 7. The lowest BCUT2D eigenvalue weighted by molar-refractivity contribution is 0.628. The maximum atomic E-state index is 13.3. The minimum Gasteiger partial charge on any atom is -0.377 e. The van der Waals surface area contributed by atoms with Gasteiger partial charge < -0.3 is 9.80 Å². The van der Waals surface area contributed by atoms with Crippen molar-refractivity contribution in [2.24, 2.45) is 20.5 Å². The lowest BCUT2D eigenvalue weighted by atomic mass is 10.0. The molecule has 7 heteroatoms. The Bertz CT molecular complexity index is 2270. The van der Waals surface area contributed by atoms with Gasteiger partial charge in [-0.1, -0.05) is 72.8 Å². The first-order chi connectivity index (χ1) is 22.5. The van der Waals surface area contributed by atoms with Gasteiger partial charge in [0.2, 0.25) is 0 Å². The molecule has 0 saturated heterocycles. The molecule has 0 fully saturated rings. The topological polar surface area (TPSA) is 55.9 Å². The summed E-state index contributed by atoms with van der Waals surface area (Å²) in [4.78, 5) is 4.31. The molecule has 0 bridgehead atoms. The maximum absolute atomic E-state index is 13.3. The van der Waals surface area contributed by atoms with Gasteiger partial charge in [-0.2, -0.15) is 5.11 Å². The Hall–Kier alpha value is -5.95. The lowest BCUT2D eigenvalue weighted by Crippen LogP contribution is -2.10. The number of hydrogen-bond donors (Lipinski definition) is 0. The van der Waals surface area contributed by atoms with Crippen molar-refractivity contribution in [2.75, 3.05) is 30.9 Å². The Morgan fingerprint density at radius 2 is 0.761 bits per heavy atom. The van der Waals surface area contributed by atoms with E-state index >= 15 is 0 Å². The lowest BCUT2D eigenvalue weighted by Gasteiger charge is -2.24. The third kappa shape index (κ3) is 5.43. The first kappa shape index (κ1) is 28.8. The second-order valence-corrected chi connectivity index (χ2v) is 11.3. The molecule has 7 aromatic carbocycles. The Balaban J connectivity index is 1.26. The molecule has 0 aliphatic carbocycles. The van der Waals surface area contributed by atoms with E-state index in [9.17, 15) is 4.39 Å². The van der Waals surface area contributed by atoms with E-state index in [1.807, 2.05) is 74.8 Å². The van der Waals surface area contributed by atoms with Crippen LogP contribution in [0.2, 0.25) is 0 Å². The standard InChI is InChI=1S/C39H31FN6/c1-45(2)37-23-20-35(28-10-4-7-13-31(28)37)43-44-36-22-25-39(33-15-9-6-12-30(33)36)46(3)38-24-21-34(29-11-5-8-14-32(29)38)42-41-27-18-16-26(40)17-19-27/h4-25H,1-3H3/b42-41+,44-43+. The summed E-state index contributed by atoms with van der Waals surface area (Å²) in [5.74, 6) is -0.302. The van der Waals surface area contributed by atoms with Crippen molar-refractivity contribution >= 4 is 72.1 Å². The van der Waals surface area contributed by atoms with Gasteiger partial charge in [-0.3, -0.25) is 0 Å². The highest BCUT2D eigenvalue weighted by atomic mass is 19.1. The molecule has 46 heavy (non-hydrogen) atoms. The molecule has 0 heterocycles. The molecular formula is C39H31FN6. The fourth-order valence-electron chi connectivity index (χ4n) is 5.90. The van der Waals surface area contributed by atoms with E-state index in [2.05, 4.69) is 75.6 Å². The molecule has 0 amide bonds. The Morgan fingerprint density at radius 1 is 0.391 bits per heavy atom. The second kappa shape index (κ2) is 12.2. The van der Waals surface area contributed by atoms with Crippen LogP contribution < -0.4 is 9.80 Å². The minimum absolute atomic E-state index is 0.302. The van der Waals surface area contributed by atoms with Crippen molar-refractivity contribution in [1.82, 2.24) is 0 Å². The Morgan fingerprint density at radius 3 is 1.20 bits per heavy atom. The van der Waals surface area contributed by atoms with Gasteiger partial charge >= 0.3 is 0 Å². The quantitative estimate of drug-likeness (QED) is 0.170. The van der Waals surface area contributed by atoms with E-state index in [1.54, 1.807) is 12.1 Å². The summed E-state index contributed by atoms with van der Waals surface area (Å²) in [6.45, 7) is 0. The van der Waals surface area contributed by atoms with E-state index in [-0.39, 0.29) is 5.82 Å². The van der Waals surface area contributed by atoms with Gasteiger partial charge in [-0.15, -0.1) is 15.3 Å². The molecule has 7 rings (SSSR count). The predicted molar refractivity (Wildman–Crippen MR) is 189 cm³/mol. The highest BCUT2D eigenvalue weighted by molar-refractivity contribution is 6.07. The van der Waals surface area contributed by atoms with Crippen molar-refractivity contribution in [3.8, 4) is 0 Å². The second-order valence-electron chi connectivity index (χ2n) is 11.3. The zero-order chi connectivity index (χ0) is 31.6. The van der Waals surface area contributed by atoms with Gasteiger partial charge in [-0.05, 0) is 60.7 Å². The van der Waals surface area contributed by atoms with Crippen LogP contribution in [-0.2, 0) is 0 Å². The number of fused-ring (bicyclic) bond motifs is 3. The van der Waals surface area contributed by atoms with Crippen LogP contribution >= 0.6 is 0 Å². The van der Waals surface area contributed by atoms with Crippen LogP contribution in [0.3, 0.4) is 0 Å². The van der Waals surface area contributed by atoms with E-state index in [0.717, 1.165) is 66.4 Å². The molecule has 0 unspecified atom stereocenters. The first-order valence-corrected chi connectivity index (χ1v) is 15.0. The highest BCUT2D eigenvalue weighted by Crippen LogP contribution is 2.41. The van der Waals surface area contributed by atoms with Crippen molar-refractivity contribution in [2.45, 2.75) is 0 Å². The molecule has 224 valence electrons. The first-order valence-electron chi connectivity index (χ1n) is 15.0. The van der Waals surface area contributed by atoms with Gasteiger partial charge in [0.05, 0.1) is 22.7 Å². The normalized spacial score (nSPS) is 11.7. The number of rotatable bonds is 7. The van der Waals surface area contributed by atoms with E-state index in [0.29, 0.717) is 5.69 Å². The molecule has 0 atom stereocenters. The molecule has 0 saturated carbocycles. The van der Waals surface area contributed by atoms with Crippen molar-refractivity contribution < 1.29 is 4.39 Å². The largest absolute Gasteiger partial charge is 0.377 e. The molecular weight excluding hydrogens is 571 g/mol. The number of nitrogens with zero attached hydrogens (tertiary/aromatic N) is 6. The van der Waals surface area contributed by atoms with Crippen LogP contribution in [0.25, 0.3) is 32.3 Å². The van der Waals surface area contributed by atoms with Crippen molar-refractivity contribution in [3.05, 3.63) is 139 Å². The molecule has 0 spiro atoms. The van der Waals surface area contributed by atoms with Crippen LogP contribution in [0, 0.1) is 5.82 Å². The van der Waals surface area contributed by atoms with Gasteiger partial charge in [0.25, 0.3) is 0 Å². The van der Waals surface area contributed by atoms with Gasteiger partial charge in [0, 0.05) is 70.5 Å². The maximum Gasteiger partial charge on any atom is 0.123 e.